The molecular formula is C14H6N4O13. The second-order valence-electron chi connectivity index (χ2n) is 5.43. The summed E-state index contributed by atoms with van der Waals surface area (Å²) in [6, 6.07) is 1.33. The molecule has 0 saturated carbocycles. The first-order chi connectivity index (χ1) is 14.3. The van der Waals surface area contributed by atoms with Crippen LogP contribution >= 0.6 is 0 Å². The third-order valence-corrected chi connectivity index (χ3v) is 3.59. The standard InChI is InChI=1S/C14H6N4O13/c19-11-7(1-5(15(23)24)3-9(11)17(27)28)13(21)31-14(22)8-2-6(16(25)26)4-10(12(8)20)18(29)30/h1-4,19-20H. The maximum Gasteiger partial charge on any atom is 0.350 e. The lowest BCUT2D eigenvalue weighted by Gasteiger charge is -2.07. The first-order valence-corrected chi connectivity index (χ1v) is 7.43. The zero-order chi connectivity index (χ0) is 23.6. The van der Waals surface area contributed by atoms with Crippen molar-refractivity contribution in [3.63, 3.8) is 0 Å². The number of nitro groups is 4. The molecule has 31 heavy (non-hydrogen) atoms. The Morgan fingerprint density at radius 3 is 1.23 bits per heavy atom. The van der Waals surface area contributed by atoms with Crippen LogP contribution in [0.5, 0.6) is 11.5 Å². The first-order valence-electron chi connectivity index (χ1n) is 7.43. The predicted molar refractivity (Wildman–Crippen MR) is 92.6 cm³/mol. The van der Waals surface area contributed by atoms with E-state index in [0.717, 1.165) is 0 Å². The maximum absolute atomic E-state index is 12.2. The van der Waals surface area contributed by atoms with Gasteiger partial charge in [-0.15, -0.1) is 0 Å². The molecule has 0 aliphatic carbocycles. The van der Waals surface area contributed by atoms with Crippen molar-refractivity contribution in [2.75, 3.05) is 0 Å². The molecule has 0 unspecified atom stereocenters. The summed E-state index contributed by atoms with van der Waals surface area (Å²) in [7, 11) is 0. The molecule has 17 nitrogen and oxygen atoms in total. The highest BCUT2D eigenvalue weighted by Crippen LogP contribution is 2.37. The van der Waals surface area contributed by atoms with Crippen LogP contribution < -0.4 is 0 Å². The number of non-ortho nitro benzene ring substituents is 2. The smallest absolute Gasteiger partial charge is 0.350 e. The van der Waals surface area contributed by atoms with Crippen LogP contribution in [0.3, 0.4) is 0 Å². The Bertz CT molecular complexity index is 1100. The number of aromatic hydroxyl groups is 2. The minimum atomic E-state index is -1.89. The summed E-state index contributed by atoms with van der Waals surface area (Å²) in [5.41, 5.74) is -7.01. The van der Waals surface area contributed by atoms with Crippen molar-refractivity contribution in [1.82, 2.24) is 0 Å². The van der Waals surface area contributed by atoms with Crippen LogP contribution in [-0.4, -0.2) is 41.8 Å². The number of phenolic OH excluding ortho intramolecular Hbond substituents is 2. The van der Waals surface area contributed by atoms with Gasteiger partial charge in [-0.25, -0.2) is 9.59 Å². The Kier molecular flexibility index (Phi) is 5.72. The van der Waals surface area contributed by atoms with E-state index >= 15 is 0 Å². The van der Waals surface area contributed by atoms with E-state index in [0.29, 0.717) is 24.3 Å². The van der Waals surface area contributed by atoms with Crippen molar-refractivity contribution in [2.24, 2.45) is 0 Å². The Morgan fingerprint density at radius 1 is 0.645 bits per heavy atom. The minimum Gasteiger partial charge on any atom is -0.501 e. The fraction of sp³-hybridized carbons (Fsp3) is 0. The number of carbonyl (C=O) groups excluding carboxylic acids is 2. The van der Waals surface area contributed by atoms with Crippen molar-refractivity contribution in [3.05, 3.63) is 75.8 Å². The van der Waals surface area contributed by atoms with Crippen LogP contribution in [0.25, 0.3) is 0 Å². The number of nitro benzene ring substituents is 4. The van der Waals surface area contributed by atoms with Crippen LogP contribution in [0.15, 0.2) is 24.3 Å². The van der Waals surface area contributed by atoms with Crippen molar-refractivity contribution in [1.29, 1.82) is 0 Å². The molecule has 0 bridgehead atoms. The summed E-state index contributed by atoms with van der Waals surface area (Å²) in [4.78, 5) is 63.0. The zero-order valence-corrected chi connectivity index (χ0v) is 14.5. The molecule has 17 heteroatoms. The Labute approximate surface area is 167 Å². The average Bonchev–Trinajstić information content (AvgIpc) is 2.66. The third-order valence-electron chi connectivity index (χ3n) is 3.59. The molecule has 0 aromatic heterocycles. The predicted octanol–water partition coefficient (Wildman–Crippen LogP) is 1.73. The van der Waals surface area contributed by atoms with Crippen LogP contribution in [0, 0.1) is 40.5 Å². The van der Waals surface area contributed by atoms with E-state index in [1.165, 1.54) is 0 Å². The quantitative estimate of drug-likeness (QED) is 0.282. The van der Waals surface area contributed by atoms with E-state index in [2.05, 4.69) is 4.74 Å². The first kappa shape index (κ1) is 22.1. The fourth-order valence-electron chi connectivity index (χ4n) is 2.20. The van der Waals surface area contributed by atoms with Crippen molar-refractivity contribution >= 4 is 34.7 Å². The molecule has 0 heterocycles. The van der Waals surface area contributed by atoms with Crippen LogP contribution in [0.1, 0.15) is 20.7 Å². The van der Waals surface area contributed by atoms with Gasteiger partial charge in [-0.2, -0.15) is 0 Å². The summed E-state index contributed by atoms with van der Waals surface area (Å²) in [5, 5.41) is 63.2. The maximum atomic E-state index is 12.2. The number of phenols is 2. The number of hydrogen-bond acceptors (Lipinski definition) is 13. The molecule has 0 radical (unpaired) electrons. The van der Waals surface area contributed by atoms with Crippen molar-refractivity contribution in [3.8, 4) is 11.5 Å². The van der Waals surface area contributed by atoms with Crippen LogP contribution in [0.2, 0.25) is 0 Å². The van der Waals surface area contributed by atoms with E-state index in [-0.39, 0.29) is 0 Å². The second-order valence-corrected chi connectivity index (χ2v) is 5.43. The van der Waals surface area contributed by atoms with Crippen LogP contribution in [-0.2, 0) is 4.74 Å². The van der Waals surface area contributed by atoms with Gasteiger partial charge in [0.05, 0.1) is 31.8 Å². The molecule has 160 valence electrons. The molecule has 2 N–H and O–H groups in total. The van der Waals surface area contributed by atoms with E-state index in [9.17, 15) is 60.3 Å². The Hall–Kier alpha value is -5.22. The van der Waals surface area contributed by atoms with Gasteiger partial charge in [-0.05, 0) is 0 Å². The van der Waals surface area contributed by atoms with Gasteiger partial charge in [0, 0.05) is 12.1 Å². The van der Waals surface area contributed by atoms with Gasteiger partial charge in [-0.1, -0.05) is 0 Å². The SMILES string of the molecule is O=C(OC(=O)c1cc([N+](=O)[O-])cc([N+](=O)[O-])c1O)c1cc([N+](=O)[O-])cc([N+](=O)[O-])c1O. The summed E-state index contributed by atoms with van der Waals surface area (Å²) in [6.07, 6.45) is 0. The molecule has 0 amide bonds. The molecule has 0 fully saturated rings. The topological polar surface area (TPSA) is 256 Å². The van der Waals surface area contributed by atoms with E-state index in [4.69, 9.17) is 0 Å². The summed E-state index contributed by atoms with van der Waals surface area (Å²) in [5.74, 6) is -6.57. The molecular weight excluding hydrogens is 432 g/mol. The van der Waals surface area contributed by atoms with E-state index < -0.39 is 77.0 Å². The molecule has 0 spiro atoms. The molecule has 0 saturated heterocycles. The van der Waals surface area contributed by atoms with Crippen molar-refractivity contribution in [2.45, 2.75) is 0 Å². The summed E-state index contributed by atoms with van der Waals surface area (Å²) in [6.45, 7) is 0. The number of hydrogen-bond donors (Lipinski definition) is 2. The molecule has 0 atom stereocenters. The molecule has 2 rings (SSSR count). The normalized spacial score (nSPS) is 10.2. The molecule has 2 aromatic carbocycles. The van der Waals surface area contributed by atoms with Crippen LogP contribution in [0.4, 0.5) is 22.7 Å². The van der Waals surface area contributed by atoms with Gasteiger partial charge in [0.2, 0.25) is 11.5 Å². The van der Waals surface area contributed by atoms with Gasteiger partial charge in [0.15, 0.2) is 0 Å². The highest BCUT2D eigenvalue weighted by atomic mass is 16.6. The highest BCUT2D eigenvalue weighted by molar-refractivity contribution is 6.06. The van der Waals surface area contributed by atoms with Gasteiger partial charge in [0.25, 0.3) is 11.4 Å². The monoisotopic (exact) mass is 438 g/mol. The fourth-order valence-corrected chi connectivity index (χ4v) is 2.20. The third kappa shape index (κ3) is 4.29. The largest absolute Gasteiger partial charge is 0.501 e. The Morgan fingerprint density at radius 2 is 0.968 bits per heavy atom. The lowest BCUT2D eigenvalue weighted by atomic mass is 10.1. The number of benzene rings is 2. The summed E-state index contributed by atoms with van der Waals surface area (Å²) >= 11 is 0. The Balaban J connectivity index is 2.54. The number of carbonyl (C=O) groups is 2. The number of nitrogens with zero attached hydrogens (tertiary/aromatic N) is 4. The van der Waals surface area contributed by atoms with Crippen molar-refractivity contribution < 1.29 is 44.2 Å². The second kappa shape index (κ2) is 8.03. The van der Waals surface area contributed by atoms with Gasteiger partial charge in [0.1, 0.15) is 11.1 Å². The lowest BCUT2D eigenvalue weighted by molar-refractivity contribution is -0.395. The molecule has 0 aliphatic heterocycles. The molecule has 0 aliphatic rings. The van der Waals surface area contributed by atoms with Gasteiger partial charge < -0.3 is 14.9 Å². The van der Waals surface area contributed by atoms with Gasteiger partial charge >= 0.3 is 23.3 Å². The average molecular weight is 438 g/mol. The minimum absolute atomic E-state index is 0.323. The van der Waals surface area contributed by atoms with Gasteiger partial charge in [-0.3, -0.25) is 40.5 Å². The van der Waals surface area contributed by atoms with E-state index in [1.807, 2.05) is 0 Å². The van der Waals surface area contributed by atoms with E-state index in [1.54, 1.807) is 0 Å². The molecule has 2 aromatic rings. The number of rotatable bonds is 6. The lowest BCUT2D eigenvalue weighted by Crippen LogP contribution is -2.14. The number of esters is 2. The number of ether oxygens (including phenoxy) is 1. The summed E-state index contributed by atoms with van der Waals surface area (Å²) < 4.78 is 4.23. The zero-order valence-electron chi connectivity index (χ0n) is 14.5. The highest BCUT2D eigenvalue weighted by Gasteiger charge is 2.32.